The maximum atomic E-state index is 10.1. The lowest BCUT2D eigenvalue weighted by Gasteiger charge is -2.46. The molecule has 8 atom stereocenters. The van der Waals surface area contributed by atoms with Gasteiger partial charge in [-0.05, 0) is 13.3 Å². The maximum Gasteiger partial charge on any atom is 0.160 e. The van der Waals surface area contributed by atoms with E-state index in [4.69, 9.17) is 9.47 Å². The maximum absolute atomic E-state index is 10.1. The number of hydrogen-bond acceptors (Lipinski definition) is 5. The molecule has 0 aromatic heterocycles. The van der Waals surface area contributed by atoms with Gasteiger partial charge in [-0.3, -0.25) is 0 Å². The van der Waals surface area contributed by atoms with E-state index in [-0.39, 0.29) is 17.8 Å². The van der Waals surface area contributed by atoms with Gasteiger partial charge in [0.05, 0.1) is 17.8 Å². The van der Waals surface area contributed by atoms with E-state index in [1.165, 1.54) is 0 Å². The third-order valence-corrected chi connectivity index (χ3v) is 4.50. The van der Waals surface area contributed by atoms with Crippen LogP contribution in [0.25, 0.3) is 0 Å². The number of aliphatic hydroxyl groups is 3. The highest BCUT2D eigenvalue weighted by atomic mass is 16.7. The smallest absolute Gasteiger partial charge is 0.160 e. The van der Waals surface area contributed by atoms with Gasteiger partial charge in [0, 0.05) is 17.8 Å². The van der Waals surface area contributed by atoms with Gasteiger partial charge in [0.25, 0.3) is 0 Å². The van der Waals surface area contributed by atoms with Gasteiger partial charge in [-0.25, -0.2) is 0 Å². The highest BCUT2D eigenvalue weighted by Crippen LogP contribution is 2.43. The topological polar surface area (TPSA) is 79.2 Å². The first-order valence-corrected chi connectivity index (χ1v) is 6.64. The summed E-state index contributed by atoms with van der Waals surface area (Å²) in [4.78, 5) is 0. The summed E-state index contributed by atoms with van der Waals surface area (Å²) >= 11 is 0. The number of aliphatic hydroxyl groups excluding tert-OH is 3. The van der Waals surface area contributed by atoms with Crippen LogP contribution in [0.2, 0.25) is 0 Å². The lowest BCUT2D eigenvalue weighted by atomic mass is 9.77. The quantitative estimate of drug-likeness (QED) is 0.639. The molecule has 3 N–H and O–H groups in total. The molecule has 2 saturated heterocycles. The minimum Gasteiger partial charge on any atom is -0.392 e. The fourth-order valence-electron chi connectivity index (χ4n) is 3.29. The summed E-state index contributed by atoms with van der Waals surface area (Å²) in [5, 5.41) is 29.7. The lowest BCUT2D eigenvalue weighted by Crippen LogP contribution is -2.57. The largest absolute Gasteiger partial charge is 0.392 e. The molecule has 2 rings (SSSR count). The van der Waals surface area contributed by atoms with Crippen LogP contribution in [-0.2, 0) is 9.47 Å². The van der Waals surface area contributed by atoms with Crippen molar-refractivity contribution in [1.82, 2.24) is 0 Å². The Bertz CT molecular complexity index is 298. The molecule has 106 valence electrons. The molecule has 0 spiro atoms. The van der Waals surface area contributed by atoms with Gasteiger partial charge in [-0.2, -0.15) is 0 Å². The van der Waals surface area contributed by atoms with Crippen molar-refractivity contribution in [2.24, 2.45) is 17.8 Å². The van der Waals surface area contributed by atoms with Crippen molar-refractivity contribution in [3.8, 4) is 0 Å². The molecular formula is C13H24O5. The third kappa shape index (κ3) is 2.18. The zero-order chi connectivity index (χ0) is 13.7. The van der Waals surface area contributed by atoms with Crippen LogP contribution in [0.5, 0.6) is 0 Å². The van der Waals surface area contributed by atoms with Crippen LogP contribution >= 0.6 is 0 Å². The lowest BCUT2D eigenvalue weighted by molar-refractivity contribution is -0.291. The third-order valence-electron chi connectivity index (χ3n) is 4.50. The standard InChI is InChI=1S/C13H24O5/c1-6-5-13(4,18-11(6)15)10-7(2)9(14)8(3)12(16)17-10/h6-12,14-16H,5H2,1-4H3/t6-,7+,8-,9+,10-,11?,12?,13-/m1/s1. The Kier molecular flexibility index (Phi) is 3.73. The van der Waals surface area contributed by atoms with E-state index in [1.54, 1.807) is 6.92 Å². The monoisotopic (exact) mass is 260 g/mol. The molecule has 2 aliphatic rings. The van der Waals surface area contributed by atoms with E-state index in [9.17, 15) is 15.3 Å². The van der Waals surface area contributed by atoms with Crippen molar-refractivity contribution in [2.45, 2.75) is 64.5 Å². The minimum atomic E-state index is -0.991. The summed E-state index contributed by atoms with van der Waals surface area (Å²) in [6.07, 6.45) is -2.20. The Morgan fingerprint density at radius 2 is 1.61 bits per heavy atom. The normalized spacial score (nSPS) is 57.8. The van der Waals surface area contributed by atoms with Crippen molar-refractivity contribution in [1.29, 1.82) is 0 Å². The molecule has 18 heavy (non-hydrogen) atoms. The average Bonchev–Trinajstić information content (AvgIpc) is 2.56. The Labute approximate surface area is 108 Å². The van der Waals surface area contributed by atoms with E-state index in [0.717, 1.165) is 0 Å². The van der Waals surface area contributed by atoms with E-state index in [2.05, 4.69) is 0 Å². The van der Waals surface area contributed by atoms with Gasteiger partial charge in [-0.15, -0.1) is 0 Å². The van der Waals surface area contributed by atoms with Crippen molar-refractivity contribution >= 4 is 0 Å². The van der Waals surface area contributed by atoms with Crippen LogP contribution in [-0.4, -0.2) is 45.7 Å². The second-order valence-corrected chi connectivity index (χ2v) is 6.16. The molecule has 2 fully saturated rings. The molecular weight excluding hydrogens is 236 g/mol. The highest BCUT2D eigenvalue weighted by Gasteiger charge is 2.53. The fraction of sp³-hybridized carbons (Fsp3) is 1.00. The van der Waals surface area contributed by atoms with Gasteiger partial charge in [0.15, 0.2) is 12.6 Å². The van der Waals surface area contributed by atoms with Crippen LogP contribution in [0.1, 0.15) is 34.1 Å². The SMILES string of the molecule is C[C@H]1[C@H](O)[C@@H](C)C(O)O[C@H]1[C@@]1(C)C[C@@H](C)C(O)O1. The molecule has 2 unspecified atom stereocenters. The first-order chi connectivity index (χ1) is 8.26. The molecule has 0 aliphatic carbocycles. The molecule has 0 aromatic rings. The van der Waals surface area contributed by atoms with Gasteiger partial charge in [-0.1, -0.05) is 20.8 Å². The molecule has 0 radical (unpaired) electrons. The Hall–Kier alpha value is -0.200. The summed E-state index contributed by atoms with van der Waals surface area (Å²) in [6.45, 7) is 7.44. The molecule has 0 bridgehead atoms. The van der Waals surface area contributed by atoms with Crippen molar-refractivity contribution in [3.05, 3.63) is 0 Å². The average molecular weight is 260 g/mol. The summed E-state index contributed by atoms with van der Waals surface area (Å²) in [6, 6.07) is 0. The Morgan fingerprint density at radius 3 is 2.11 bits per heavy atom. The van der Waals surface area contributed by atoms with E-state index in [0.29, 0.717) is 6.42 Å². The summed E-state index contributed by atoms with van der Waals surface area (Å²) in [5.74, 6) is -0.436. The van der Waals surface area contributed by atoms with Gasteiger partial charge < -0.3 is 24.8 Å². The van der Waals surface area contributed by atoms with Gasteiger partial charge in [0.2, 0.25) is 0 Å². The second-order valence-electron chi connectivity index (χ2n) is 6.16. The number of ether oxygens (including phenoxy) is 2. The van der Waals surface area contributed by atoms with E-state index < -0.39 is 30.4 Å². The van der Waals surface area contributed by atoms with Crippen molar-refractivity contribution in [3.63, 3.8) is 0 Å². The molecule has 2 aliphatic heterocycles. The molecule has 0 aromatic carbocycles. The number of rotatable bonds is 1. The van der Waals surface area contributed by atoms with Crippen LogP contribution in [0.4, 0.5) is 0 Å². The molecule has 5 heteroatoms. The first-order valence-electron chi connectivity index (χ1n) is 6.64. The summed E-state index contributed by atoms with van der Waals surface area (Å²) < 4.78 is 11.2. The molecule has 0 saturated carbocycles. The number of hydrogen-bond donors (Lipinski definition) is 3. The first kappa shape index (κ1) is 14.2. The van der Waals surface area contributed by atoms with Gasteiger partial charge >= 0.3 is 0 Å². The molecule has 5 nitrogen and oxygen atoms in total. The Balaban J connectivity index is 2.18. The summed E-state index contributed by atoms with van der Waals surface area (Å²) in [7, 11) is 0. The zero-order valence-corrected chi connectivity index (χ0v) is 11.4. The second kappa shape index (κ2) is 4.72. The van der Waals surface area contributed by atoms with Crippen LogP contribution in [0.3, 0.4) is 0 Å². The Morgan fingerprint density at radius 1 is 1.00 bits per heavy atom. The van der Waals surface area contributed by atoms with E-state index in [1.807, 2.05) is 20.8 Å². The van der Waals surface area contributed by atoms with Crippen LogP contribution in [0.15, 0.2) is 0 Å². The fourth-order valence-corrected chi connectivity index (χ4v) is 3.29. The molecule has 2 heterocycles. The minimum absolute atomic E-state index is 0.0273. The summed E-state index contributed by atoms with van der Waals surface area (Å²) in [5.41, 5.74) is -0.666. The molecule has 0 amide bonds. The van der Waals surface area contributed by atoms with Crippen molar-refractivity contribution in [2.75, 3.05) is 0 Å². The zero-order valence-electron chi connectivity index (χ0n) is 11.4. The predicted molar refractivity (Wildman–Crippen MR) is 64.5 cm³/mol. The van der Waals surface area contributed by atoms with Crippen LogP contribution in [0, 0.1) is 17.8 Å². The van der Waals surface area contributed by atoms with E-state index >= 15 is 0 Å². The van der Waals surface area contributed by atoms with Crippen molar-refractivity contribution < 1.29 is 24.8 Å². The van der Waals surface area contributed by atoms with Crippen LogP contribution < -0.4 is 0 Å². The predicted octanol–water partition coefficient (Wildman–Crippen LogP) is 0.470. The van der Waals surface area contributed by atoms with Gasteiger partial charge in [0.1, 0.15) is 0 Å². The highest BCUT2D eigenvalue weighted by molar-refractivity contribution is 4.99.